The Labute approximate surface area is 144 Å². The van der Waals surface area contributed by atoms with Crippen LogP contribution in [-0.4, -0.2) is 28.4 Å². The van der Waals surface area contributed by atoms with Gasteiger partial charge >= 0.3 is 6.36 Å². The van der Waals surface area contributed by atoms with Crippen LogP contribution in [0.15, 0.2) is 30.3 Å². The van der Waals surface area contributed by atoms with Gasteiger partial charge in [-0.2, -0.15) is 4.98 Å². The molecule has 25 heavy (non-hydrogen) atoms. The summed E-state index contributed by atoms with van der Waals surface area (Å²) >= 11 is 0. The molecule has 0 aliphatic carbocycles. The lowest BCUT2D eigenvalue weighted by Crippen LogP contribution is -2.17. The monoisotopic (exact) mass is 354 g/mol. The van der Waals surface area contributed by atoms with Gasteiger partial charge in [-0.3, -0.25) is 0 Å². The molecule has 0 fully saturated rings. The molecular weight excluding hydrogens is 333 g/mol. The lowest BCUT2D eigenvalue weighted by atomic mass is 10.1. The number of nitrogens with one attached hydrogen (secondary N) is 2. The summed E-state index contributed by atoms with van der Waals surface area (Å²) in [6.07, 6.45) is -4.74. The molecule has 0 saturated heterocycles. The average Bonchev–Trinajstić information content (AvgIpc) is 2.44. The van der Waals surface area contributed by atoms with Crippen molar-refractivity contribution in [1.29, 1.82) is 0 Å². The molecular formula is C17H21F3N4O. The summed E-state index contributed by atoms with van der Waals surface area (Å²) in [7, 11) is 0. The topological polar surface area (TPSA) is 59.1 Å². The lowest BCUT2D eigenvalue weighted by molar-refractivity contribution is -0.274. The number of hydrogen-bond donors (Lipinski definition) is 2. The SMILES string of the molecule is CC(C)Nc1cc(-c2cccc(OC(F)(F)F)c2)nc(NC(C)C)n1. The van der Waals surface area contributed by atoms with Crippen LogP contribution in [0.2, 0.25) is 0 Å². The zero-order chi connectivity index (χ0) is 18.6. The highest BCUT2D eigenvalue weighted by Gasteiger charge is 2.31. The fourth-order valence-corrected chi connectivity index (χ4v) is 2.14. The maximum atomic E-state index is 12.4. The Morgan fingerprint density at radius 2 is 1.64 bits per heavy atom. The van der Waals surface area contributed by atoms with Gasteiger partial charge in [-0.15, -0.1) is 13.2 Å². The van der Waals surface area contributed by atoms with Crippen molar-refractivity contribution >= 4 is 11.8 Å². The van der Waals surface area contributed by atoms with Gasteiger partial charge in [-0.25, -0.2) is 4.98 Å². The minimum atomic E-state index is -4.74. The molecule has 8 heteroatoms. The zero-order valence-electron chi connectivity index (χ0n) is 14.5. The van der Waals surface area contributed by atoms with E-state index in [1.807, 2.05) is 27.7 Å². The molecule has 0 aliphatic rings. The van der Waals surface area contributed by atoms with E-state index >= 15 is 0 Å². The van der Waals surface area contributed by atoms with E-state index in [4.69, 9.17) is 0 Å². The maximum absolute atomic E-state index is 12.4. The Balaban J connectivity index is 2.41. The second-order valence-electron chi connectivity index (χ2n) is 6.14. The molecule has 0 spiro atoms. The number of hydrogen-bond acceptors (Lipinski definition) is 5. The Hall–Kier alpha value is -2.51. The first-order valence-electron chi connectivity index (χ1n) is 7.91. The van der Waals surface area contributed by atoms with Crippen molar-refractivity contribution < 1.29 is 17.9 Å². The molecule has 0 aliphatic heterocycles. The third kappa shape index (κ3) is 6.13. The second-order valence-corrected chi connectivity index (χ2v) is 6.14. The highest BCUT2D eigenvalue weighted by molar-refractivity contribution is 5.66. The number of rotatable bonds is 6. The number of benzene rings is 1. The van der Waals surface area contributed by atoms with Crippen molar-refractivity contribution in [3.63, 3.8) is 0 Å². The van der Waals surface area contributed by atoms with Crippen molar-refractivity contribution in [3.8, 4) is 17.0 Å². The predicted octanol–water partition coefficient (Wildman–Crippen LogP) is 4.68. The molecule has 0 radical (unpaired) electrons. The molecule has 0 amide bonds. The van der Waals surface area contributed by atoms with Crippen molar-refractivity contribution in [2.24, 2.45) is 0 Å². The molecule has 136 valence electrons. The van der Waals surface area contributed by atoms with E-state index in [-0.39, 0.29) is 17.8 Å². The van der Waals surface area contributed by atoms with Crippen LogP contribution in [0.4, 0.5) is 24.9 Å². The number of halogens is 3. The molecule has 2 N–H and O–H groups in total. The summed E-state index contributed by atoms with van der Waals surface area (Å²) in [5, 5.41) is 6.29. The van der Waals surface area contributed by atoms with Crippen molar-refractivity contribution in [3.05, 3.63) is 30.3 Å². The Morgan fingerprint density at radius 3 is 2.24 bits per heavy atom. The van der Waals surface area contributed by atoms with E-state index in [0.717, 1.165) is 0 Å². The average molecular weight is 354 g/mol. The smallest absolute Gasteiger partial charge is 0.406 e. The van der Waals surface area contributed by atoms with Gasteiger partial charge in [0.15, 0.2) is 0 Å². The second kappa shape index (κ2) is 7.58. The Morgan fingerprint density at radius 1 is 0.960 bits per heavy atom. The first kappa shape index (κ1) is 18.8. The quantitative estimate of drug-likeness (QED) is 0.789. The van der Waals surface area contributed by atoms with Crippen LogP contribution in [0.1, 0.15) is 27.7 Å². The normalized spacial score (nSPS) is 11.7. The van der Waals surface area contributed by atoms with E-state index in [1.165, 1.54) is 18.2 Å². The highest BCUT2D eigenvalue weighted by Crippen LogP contribution is 2.28. The molecule has 0 atom stereocenters. The highest BCUT2D eigenvalue weighted by atomic mass is 19.4. The maximum Gasteiger partial charge on any atom is 0.573 e. The lowest BCUT2D eigenvalue weighted by Gasteiger charge is -2.15. The van der Waals surface area contributed by atoms with Crippen LogP contribution < -0.4 is 15.4 Å². The van der Waals surface area contributed by atoms with E-state index < -0.39 is 6.36 Å². The molecule has 1 heterocycles. The van der Waals surface area contributed by atoms with Gasteiger partial charge in [0.2, 0.25) is 5.95 Å². The molecule has 1 aromatic heterocycles. The number of ether oxygens (including phenoxy) is 1. The Bertz CT molecular complexity index is 689. The molecule has 2 rings (SSSR count). The van der Waals surface area contributed by atoms with Crippen molar-refractivity contribution in [2.45, 2.75) is 46.1 Å². The molecule has 0 bridgehead atoms. The molecule has 2 aromatic rings. The summed E-state index contributed by atoms with van der Waals surface area (Å²) in [5.41, 5.74) is 0.997. The first-order valence-corrected chi connectivity index (χ1v) is 7.91. The van der Waals surface area contributed by atoms with Gasteiger partial charge in [0.25, 0.3) is 0 Å². The number of nitrogens with zero attached hydrogens (tertiary/aromatic N) is 2. The molecule has 0 saturated carbocycles. The summed E-state index contributed by atoms with van der Waals surface area (Å²) in [5.74, 6) is 0.698. The van der Waals surface area contributed by atoms with Gasteiger partial charge in [0.1, 0.15) is 11.6 Å². The standard InChI is InChI=1S/C17H21F3N4O/c1-10(2)21-15-9-14(23-16(24-15)22-11(3)4)12-6-5-7-13(8-12)25-17(18,19)20/h5-11H,1-4H3,(H2,21,22,23,24). The molecule has 5 nitrogen and oxygen atoms in total. The van der Waals surface area contributed by atoms with Gasteiger partial charge in [0, 0.05) is 23.7 Å². The van der Waals surface area contributed by atoms with E-state index in [9.17, 15) is 13.2 Å². The fourth-order valence-electron chi connectivity index (χ4n) is 2.14. The van der Waals surface area contributed by atoms with Crippen LogP contribution in [-0.2, 0) is 0 Å². The van der Waals surface area contributed by atoms with Crippen LogP contribution in [0.3, 0.4) is 0 Å². The molecule has 0 unspecified atom stereocenters. The molecule has 1 aromatic carbocycles. The third-order valence-corrected chi connectivity index (χ3v) is 2.94. The number of alkyl halides is 3. The van der Waals surface area contributed by atoms with Crippen LogP contribution >= 0.6 is 0 Å². The van der Waals surface area contributed by atoms with Crippen LogP contribution in [0.25, 0.3) is 11.3 Å². The van der Waals surface area contributed by atoms with E-state index in [2.05, 4.69) is 25.3 Å². The van der Waals surface area contributed by atoms with Gasteiger partial charge in [0.05, 0.1) is 5.69 Å². The predicted molar refractivity (Wildman–Crippen MR) is 91.7 cm³/mol. The van der Waals surface area contributed by atoms with Crippen molar-refractivity contribution in [2.75, 3.05) is 10.6 Å². The number of aromatic nitrogens is 2. The minimum absolute atomic E-state index is 0.113. The fraction of sp³-hybridized carbons (Fsp3) is 0.412. The Kier molecular flexibility index (Phi) is 5.71. The van der Waals surface area contributed by atoms with E-state index in [0.29, 0.717) is 23.0 Å². The third-order valence-electron chi connectivity index (χ3n) is 2.94. The van der Waals surface area contributed by atoms with E-state index in [1.54, 1.807) is 12.1 Å². The minimum Gasteiger partial charge on any atom is -0.406 e. The van der Waals surface area contributed by atoms with Crippen LogP contribution in [0.5, 0.6) is 5.75 Å². The zero-order valence-corrected chi connectivity index (χ0v) is 14.5. The van der Waals surface area contributed by atoms with Crippen LogP contribution in [0, 0.1) is 0 Å². The first-order chi connectivity index (χ1) is 11.6. The summed E-state index contributed by atoms with van der Waals surface area (Å²) < 4.78 is 41.2. The van der Waals surface area contributed by atoms with Gasteiger partial charge < -0.3 is 15.4 Å². The van der Waals surface area contributed by atoms with Crippen molar-refractivity contribution in [1.82, 2.24) is 9.97 Å². The van der Waals surface area contributed by atoms with Gasteiger partial charge in [-0.05, 0) is 39.8 Å². The van der Waals surface area contributed by atoms with Gasteiger partial charge in [-0.1, -0.05) is 12.1 Å². The summed E-state index contributed by atoms with van der Waals surface area (Å²) in [4.78, 5) is 8.77. The summed E-state index contributed by atoms with van der Waals surface area (Å²) in [6, 6.07) is 7.66. The largest absolute Gasteiger partial charge is 0.573 e. The number of anilines is 2. The summed E-state index contributed by atoms with van der Waals surface area (Å²) in [6.45, 7) is 7.83.